The van der Waals surface area contributed by atoms with E-state index in [0.717, 1.165) is 25.0 Å². The number of benzene rings is 1. The Bertz CT molecular complexity index is 656. The van der Waals surface area contributed by atoms with E-state index in [1.807, 2.05) is 0 Å². The quantitative estimate of drug-likeness (QED) is 0.665. The number of hydrogen-bond donors (Lipinski definition) is 1. The normalized spacial score (nSPS) is 23.8. The van der Waals surface area contributed by atoms with Crippen LogP contribution in [0.3, 0.4) is 0 Å². The summed E-state index contributed by atoms with van der Waals surface area (Å²) in [7, 11) is 0. The Morgan fingerprint density at radius 1 is 1.55 bits per heavy atom. The van der Waals surface area contributed by atoms with Crippen molar-refractivity contribution in [3.63, 3.8) is 0 Å². The number of carbonyl (C=O) groups is 1. The molecule has 116 valence electrons. The van der Waals surface area contributed by atoms with Crippen LogP contribution in [0, 0.1) is 0 Å². The minimum atomic E-state index is -0.102. The molecule has 1 N–H and O–H groups in total. The number of thioether (sulfide) groups is 1. The molecule has 0 spiro atoms. The molecule has 2 aliphatic heterocycles. The SMILES string of the molecule is O=C1/C(=C/c2ccc(O)c(Cl)c2)SC(=S)N1C[C@H]1CCCO1. The van der Waals surface area contributed by atoms with E-state index >= 15 is 0 Å². The van der Waals surface area contributed by atoms with Crippen molar-refractivity contribution in [3.05, 3.63) is 33.7 Å². The number of halogens is 1. The lowest BCUT2D eigenvalue weighted by molar-refractivity contribution is -0.123. The van der Waals surface area contributed by atoms with E-state index < -0.39 is 0 Å². The molecule has 4 nitrogen and oxygen atoms in total. The van der Waals surface area contributed by atoms with Crippen LogP contribution >= 0.6 is 35.6 Å². The van der Waals surface area contributed by atoms with Gasteiger partial charge in [0.1, 0.15) is 10.1 Å². The van der Waals surface area contributed by atoms with Gasteiger partial charge in [-0.1, -0.05) is 41.6 Å². The number of hydrogen-bond acceptors (Lipinski definition) is 5. The number of rotatable bonds is 3. The second kappa shape index (κ2) is 6.58. The highest BCUT2D eigenvalue weighted by Crippen LogP contribution is 2.34. The summed E-state index contributed by atoms with van der Waals surface area (Å²) in [6.07, 6.45) is 3.80. The average molecular weight is 356 g/mol. The summed E-state index contributed by atoms with van der Waals surface area (Å²) >= 11 is 12.5. The third-order valence-electron chi connectivity index (χ3n) is 3.55. The topological polar surface area (TPSA) is 49.8 Å². The van der Waals surface area contributed by atoms with E-state index in [0.29, 0.717) is 15.8 Å². The molecule has 0 radical (unpaired) electrons. The fourth-order valence-electron chi connectivity index (χ4n) is 2.41. The van der Waals surface area contributed by atoms with Gasteiger partial charge in [-0.3, -0.25) is 9.69 Å². The van der Waals surface area contributed by atoms with Gasteiger partial charge in [-0.2, -0.15) is 0 Å². The second-order valence-electron chi connectivity index (χ2n) is 5.14. The standard InChI is InChI=1S/C15H14ClNO3S2/c16-11-6-9(3-4-12(11)18)7-13-14(19)17(15(21)22-13)8-10-2-1-5-20-10/h3-4,6-7,10,18H,1-2,5,8H2/b13-7-/t10-/m1/s1. The number of aromatic hydroxyl groups is 1. The molecule has 0 aliphatic carbocycles. The fourth-order valence-corrected chi connectivity index (χ4v) is 3.88. The molecule has 7 heteroatoms. The summed E-state index contributed by atoms with van der Waals surface area (Å²) in [5.74, 6) is -0.0838. The first-order valence-corrected chi connectivity index (χ1v) is 8.50. The number of nitrogens with zero attached hydrogens (tertiary/aromatic N) is 1. The minimum Gasteiger partial charge on any atom is -0.506 e. The fraction of sp³-hybridized carbons (Fsp3) is 0.333. The summed E-state index contributed by atoms with van der Waals surface area (Å²) in [5.41, 5.74) is 0.750. The number of amides is 1. The molecule has 2 heterocycles. The highest BCUT2D eigenvalue weighted by molar-refractivity contribution is 8.26. The van der Waals surface area contributed by atoms with Crippen molar-refractivity contribution in [1.29, 1.82) is 0 Å². The summed E-state index contributed by atoms with van der Waals surface area (Å²) in [6, 6.07) is 4.82. The molecule has 1 aromatic rings. The van der Waals surface area contributed by atoms with Crippen molar-refractivity contribution in [2.75, 3.05) is 13.2 Å². The lowest BCUT2D eigenvalue weighted by Gasteiger charge is -2.18. The molecular formula is C15H14ClNO3S2. The van der Waals surface area contributed by atoms with Gasteiger partial charge in [0.25, 0.3) is 5.91 Å². The van der Waals surface area contributed by atoms with E-state index in [9.17, 15) is 9.90 Å². The van der Waals surface area contributed by atoms with Gasteiger partial charge in [-0.25, -0.2) is 0 Å². The number of thiocarbonyl (C=S) groups is 1. The monoisotopic (exact) mass is 355 g/mol. The Morgan fingerprint density at radius 2 is 2.36 bits per heavy atom. The van der Waals surface area contributed by atoms with E-state index in [1.165, 1.54) is 17.8 Å². The zero-order chi connectivity index (χ0) is 15.7. The van der Waals surface area contributed by atoms with E-state index in [1.54, 1.807) is 23.1 Å². The van der Waals surface area contributed by atoms with Gasteiger partial charge in [-0.15, -0.1) is 0 Å². The molecule has 0 saturated carbocycles. The van der Waals surface area contributed by atoms with Crippen molar-refractivity contribution in [3.8, 4) is 5.75 Å². The maximum Gasteiger partial charge on any atom is 0.266 e. The Kier molecular flexibility index (Phi) is 4.73. The lowest BCUT2D eigenvalue weighted by Crippen LogP contribution is -2.35. The van der Waals surface area contributed by atoms with Crippen LogP contribution < -0.4 is 0 Å². The maximum absolute atomic E-state index is 12.5. The predicted molar refractivity (Wildman–Crippen MR) is 92.0 cm³/mol. The highest BCUT2D eigenvalue weighted by Gasteiger charge is 2.34. The number of ether oxygens (including phenoxy) is 1. The van der Waals surface area contributed by atoms with Crippen LogP contribution in [0.4, 0.5) is 0 Å². The second-order valence-corrected chi connectivity index (χ2v) is 7.22. The molecule has 1 aromatic carbocycles. The Labute approximate surface area is 143 Å². The van der Waals surface area contributed by atoms with Gasteiger partial charge in [0, 0.05) is 6.61 Å². The summed E-state index contributed by atoms with van der Waals surface area (Å²) in [6.45, 7) is 1.26. The van der Waals surface area contributed by atoms with Crippen LogP contribution in [0.5, 0.6) is 5.75 Å². The maximum atomic E-state index is 12.5. The molecule has 2 fully saturated rings. The predicted octanol–water partition coefficient (Wildman–Crippen LogP) is 3.43. The smallest absolute Gasteiger partial charge is 0.266 e. The average Bonchev–Trinajstić information content (AvgIpc) is 3.08. The van der Waals surface area contributed by atoms with Gasteiger partial charge in [0.2, 0.25) is 0 Å². The number of carbonyl (C=O) groups excluding carboxylic acids is 1. The van der Waals surface area contributed by atoms with E-state index in [-0.39, 0.29) is 22.8 Å². The third kappa shape index (κ3) is 3.30. The third-order valence-corrected chi connectivity index (χ3v) is 5.23. The van der Waals surface area contributed by atoms with Crippen LogP contribution in [-0.2, 0) is 9.53 Å². The zero-order valence-corrected chi connectivity index (χ0v) is 14.0. The minimum absolute atomic E-state index is 0.0183. The Morgan fingerprint density at radius 3 is 3.05 bits per heavy atom. The molecule has 0 aromatic heterocycles. The van der Waals surface area contributed by atoms with Crippen molar-refractivity contribution < 1.29 is 14.6 Å². The van der Waals surface area contributed by atoms with E-state index in [4.69, 9.17) is 28.6 Å². The van der Waals surface area contributed by atoms with Gasteiger partial charge < -0.3 is 9.84 Å². The van der Waals surface area contributed by atoms with Gasteiger partial charge in [-0.05, 0) is 36.6 Å². The van der Waals surface area contributed by atoms with E-state index in [2.05, 4.69) is 0 Å². The molecule has 0 unspecified atom stereocenters. The first-order chi connectivity index (χ1) is 10.5. The van der Waals surface area contributed by atoms with Crippen molar-refractivity contribution in [2.24, 2.45) is 0 Å². The first kappa shape index (κ1) is 15.8. The van der Waals surface area contributed by atoms with Crippen LogP contribution in [0.1, 0.15) is 18.4 Å². The molecule has 22 heavy (non-hydrogen) atoms. The van der Waals surface area contributed by atoms with Gasteiger partial charge in [0.05, 0.1) is 22.6 Å². The van der Waals surface area contributed by atoms with Crippen LogP contribution in [0.25, 0.3) is 6.08 Å². The van der Waals surface area contributed by atoms with Gasteiger partial charge in [0.15, 0.2) is 0 Å². The molecule has 1 atom stereocenters. The van der Waals surface area contributed by atoms with Crippen molar-refractivity contribution in [1.82, 2.24) is 4.90 Å². The van der Waals surface area contributed by atoms with Crippen LogP contribution in [-0.4, -0.2) is 39.5 Å². The molecular weight excluding hydrogens is 342 g/mol. The van der Waals surface area contributed by atoms with Crippen LogP contribution in [0.2, 0.25) is 5.02 Å². The summed E-state index contributed by atoms with van der Waals surface area (Å²) in [5, 5.41) is 9.69. The highest BCUT2D eigenvalue weighted by atomic mass is 35.5. The number of phenols is 1. The molecule has 0 bridgehead atoms. The Balaban J connectivity index is 1.77. The molecule has 1 amide bonds. The zero-order valence-electron chi connectivity index (χ0n) is 11.6. The molecule has 2 aliphatic rings. The van der Waals surface area contributed by atoms with Crippen LogP contribution in [0.15, 0.2) is 23.1 Å². The Hall–Kier alpha value is -1.08. The van der Waals surface area contributed by atoms with Crippen molar-refractivity contribution in [2.45, 2.75) is 18.9 Å². The number of phenolic OH excluding ortho intramolecular Hbond substituents is 1. The molecule has 2 saturated heterocycles. The summed E-state index contributed by atoms with van der Waals surface area (Å²) < 4.78 is 6.12. The summed E-state index contributed by atoms with van der Waals surface area (Å²) in [4.78, 5) is 14.6. The molecule has 3 rings (SSSR count). The van der Waals surface area contributed by atoms with Gasteiger partial charge >= 0.3 is 0 Å². The lowest BCUT2D eigenvalue weighted by atomic mass is 10.2. The largest absolute Gasteiger partial charge is 0.506 e. The van der Waals surface area contributed by atoms with Crippen molar-refractivity contribution >= 4 is 51.9 Å². The first-order valence-electron chi connectivity index (χ1n) is 6.90.